The van der Waals surface area contributed by atoms with Crippen LogP contribution in [-0.4, -0.2) is 43.0 Å². The number of nitrogens with zero attached hydrogens (tertiary/aromatic N) is 1. The maximum absolute atomic E-state index is 12.9. The standard InChI is InChI=1S/C19H21BrN2O5/c1-26-15-9-11(14(20)10-16(15)27-2)8-13-17(23)21-19(25)22(18(13)24)12-6-4-3-5-7-12/h8-10,12H,3-7H2,1-2H3,(H,21,23,25). The molecule has 0 unspecified atom stereocenters. The number of amides is 4. The van der Waals surface area contributed by atoms with Crippen molar-refractivity contribution in [2.24, 2.45) is 0 Å². The normalized spacial score (nSPS) is 20.0. The van der Waals surface area contributed by atoms with Gasteiger partial charge < -0.3 is 9.47 Å². The number of hydrogen-bond donors (Lipinski definition) is 1. The molecule has 144 valence electrons. The van der Waals surface area contributed by atoms with Gasteiger partial charge in [0, 0.05) is 10.5 Å². The number of methoxy groups -OCH3 is 2. The number of rotatable bonds is 4. The molecule has 3 rings (SSSR count). The molecule has 2 fully saturated rings. The van der Waals surface area contributed by atoms with Crippen molar-refractivity contribution in [1.82, 2.24) is 10.2 Å². The van der Waals surface area contributed by atoms with Crippen LogP contribution in [-0.2, 0) is 9.59 Å². The predicted octanol–water partition coefficient (Wildman–Crippen LogP) is 3.26. The molecule has 1 heterocycles. The number of hydrogen-bond acceptors (Lipinski definition) is 5. The van der Waals surface area contributed by atoms with Gasteiger partial charge in [-0.1, -0.05) is 35.2 Å². The fourth-order valence-corrected chi connectivity index (χ4v) is 3.91. The summed E-state index contributed by atoms with van der Waals surface area (Å²) >= 11 is 3.42. The summed E-state index contributed by atoms with van der Waals surface area (Å²) in [6.45, 7) is 0. The molecule has 1 aromatic rings. The lowest BCUT2D eigenvalue weighted by molar-refractivity contribution is -0.132. The molecular weight excluding hydrogens is 416 g/mol. The first-order valence-corrected chi connectivity index (χ1v) is 9.57. The van der Waals surface area contributed by atoms with Gasteiger partial charge in [0.25, 0.3) is 11.8 Å². The van der Waals surface area contributed by atoms with E-state index < -0.39 is 17.8 Å². The average Bonchev–Trinajstić information content (AvgIpc) is 2.66. The Morgan fingerprint density at radius 1 is 1.07 bits per heavy atom. The highest BCUT2D eigenvalue weighted by molar-refractivity contribution is 9.10. The molecule has 0 aromatic heterocycles. The number of urea groups is 1. The smallest absolute Gasteiger partial charge is 0.331 e. The summed E-state index contributed by atoms with van der Waals surface area (Å²) in [4.78, 5) is 38.7. The highest BCUT2D eigenvalue weighted by Crippen LogP contribution is 2.35. The molecule has 1 aromatic carbocycles. The van der Waals surface area contributed by atoms with Crippen molar-refractivity contribution in [3.05, 3.63) is 27.7 Å². The van der Waals surface area contributed by atoms with Gasteiger partial charge in [-0.2, -0.15) is 0 Å². The van der Waals surface area contributed by atoms with Gasteiger partial charge in [-0.15, -0.1) is 0 Å². The van der Waals surface area contributed by atoms with E-state index in [9.17, 15) is 14.4 Å². The summed E-state index contributed by atoms with van der Waals surface area (Å²) in [6, 6.07) is 2.55. The Kier molecular flexibility index (Phi) is 5.84. The summed E-state index contributed by atoms with van der Waals surface area (Å²) in [5.74, 6) is -0.266. The second-order valence-corrected chi connectivity index (χ2v) is 7.37. The summed E-state index contributed by atoms with van der Waals surface area (Å²) in [7, 11) is 3.03. The molecule has 8 heteroatoms. The number of ether oxygens (including phenoxy) is 2. The predicted molar refractivity (Wildman–Crippen MR) is 102 cm³/mol. The second kappa shape index (κ2) is 8.12. The van der Waals surface area contributed by atoms with Gasteiger partial charge in [-0.05, 0) is 36.6 Å². The molecule has 1 aliphatic carbocycles. The molecule has 1 aliphatic heterocycles. The van der Waals surface area contributed by atoms with E-state index in [1.165, 1.54) is 25.2 Å². The van der Waals surface area contributed by atoms with Gasteiger partial charge in [-0.25, -0.2) is 4.79 Å². The van der Waals surface area contributed by atoms with Crippen LogP contribution >= 0.6 is 15.9 Å². The molecule has 27 heavy (non-hydrogen) atoms. The molecule has 0 radical (unpaired) electrons. The van der Waals surface area contributed by atoms with E-state index >= 15 is 0 Å². The maximum atomic E-state index is 12.9. The minimum atomic E-state index is -0.696. The number of benzene rings is 1. The van der Waals surface area contributed by atoms with Gasteiger partial charge in [0.05, 0.1) is 14.2 Å². The largest absolute Gasteiger partial charge is 0.493 e. The van der Waals surface area contributed by atoms with Crippen LogP contribution in [0.5, 0.6) is 11.5 Å². The lowest BCUT2D eigenvalue weighted by Gasteiger charge is -2.35. The van der Waals surface area contributed by atoms with Gasteiger partial charge >= 0.3 is 6.03 Å². The number of carbonyl (C=O) groups is 3. The summed E-state index contributed by atoms with van der Waals surface area (Å²) in [5.41, 5.74) is 0.497. The minimum Gasteiger partial charge on any atom is -0.493 e. The van der Waals surface area contributed by atoms with E-state index in [0.717, 1.165) is 32.1 Å². The number of barbiturate groups is 1. The maximum Gasteiger partial charge on any atom is 0.331 e. The van der Waals surface area contributed by atoms with Gasteiger partial charge in [-0.3, -0.25) is 19.8 Å². The van der Waals surface area contributed by atoms with Crippen molar-refractivity contribution in [3.8, 4) is 11.5 Å². The van der Waals surface area contributed by atoms with E-state index in [4.69, 9.17) is 9.47 Å². The van der Waals surface area contributed by atoms with Crippen LogP contribution in [0, 0.1) is 0 Å². The van der Waals surface area contributed by atoms with Gasteiger partial charge in [0.15, 0.2) is 11.5 Å². The SMILES string of the molecule is COc1cc(Br)c(C=C2C(=O)NC(=O)N(C3CCCCC3)C2=O)cc1OC. The number of halogens is 1. The molecule has 7 nitrogen and oxygen atoms in total. The molecule has 4 amide bonds. The van der Waals surface area contributed by atoms with E-state index in [-0.39, 0.29) is 11.6 Å². The number of carbonyl (C=O) groups excluding carboxylic acids is 3. The minimum absolute atomic E-state index is 0.0758. The van der Waals surface area contributed by atoms with Crippen LogP contribution in [0.1, 0.15) is 37.7 Å². The van der Waals surface area contributed by atoms with Crippen molar-refractivity contribution in [2.75, 3.05) is 14.2 Å². The van der Waals surface area contributed by atoms with Crippen molar-refractivity contribution >= 4 is 39.9 Å². The monoisotopic (exact) mass is 436 g/mol. The van der Waals surface area contributed by atoms with Gasteiger partial charge in [0.1, 0.15) is 5.57 Å². The van der Waals surface area contributed by atoms with Crippen LogP contribution in [0.15, 0.2) is 22.2 Å². The third kappa shape index (κ3) is 3.85. The molecule has 0 spiro atoms. The molecule has 1 saturated heterocycles. The van der Waals surface area contributed by atoms with Crippen molar-refractivity contribution in [2.45, 2.75) is 38.1 Å². The topological polar surface area (TPSA) is 84.9 Å². The first-order valence-electron chi connectivity index (χ1n) is 8.78. The summed E-state index contributed by atoms with van der Waals surface area (Å²) < 4.78 is 11.2. The number of imide groups is 2. The van der Waals surface area contributed by atoms with Crippen LogP contribution < -0.4 is 14.8 Å². The summed E-state index contributed by atoms with van der Waals surface area (Å²) in [5, 5.41) is 2.29. The fourth-order valence-electron chi connectivity index (χ4n) is 3.48. The highest BCUT2D eigenvalue weighted by Gasteiger charge is 2.40. The van der Waals surface area contributed by atoms with E-state index in [1.807, 2.05) is 0 Å². The first kappa shape index (κ1) is 19.4. The molecule has 2 aliphatic rings. The zero-order valence-electron chi connectivity index (χ0n) is 15.2. The quantitative estimate of drug-likeness (QED) is 0.578. The molecule has 0 bridgehead atoms. The third-order valence-corrected chi connectivity index (χ3v) is 5.56. The fraction of sp³-hybridized carbons (Fsp3) is 0.421. The van der Waals surface area contributed by atoms with Crippen LogP contribution in [0.3, 0.4) is 0 Å². The molecule has 1 N–H and O–H groups in total. The lowest BCUT2D eigenvalue weighted by atomic mass is 9.93. The Morgan fingerprint density at radius 3 is 2.33 bits per heavy atom. The highest BCUT2D eigenvalue weighted by atomic mass is 79.9. The van der Waals surface area contributed by atoms with Crippen molar-refractivity contribution in [1.29, 1.82) is 0 Å². The lowest BCUT2D eigenvalue weighted by Crippen LogP contribution is -2.58. The molecule has 0 atom stereocenters. The van der Waals surface area contributed by atoms with E-state index in [1.54, 1.807) is 12.1 Å². The summed E-state index contributed by atoms with van der Waals surface area (Å²) in [6.07, 6.45) is 6.03. The van der Waals surface area contributed by atoms with E-state index in [2.05, 4.69) is 21.2 Å². The third-order valence-electron chi connectivity index (χ3n) is 4.88. The second-order valence-electron chi connectivity index (χ2n) is 6.51. The van der Waals surface area contributed by atoms with E-state index in [0.29, 0.717) is 21.5 Å². The Bertz CT molecular complexity index is 815. The average molecular weight is 437 g/mol. The zero-order chi connectivity index (χ0) is 19.6. The molecular formula is C19H21BrN2O5. The van der Waals surface area contributed by atoms with Crippen LogP contribution in [0.25, 0.3) is 6.08 Å². The number of nitrogens with one attached hydrogen (secondary N) is 1. The van der Waals surface area contributed by atoms with Crippen molar-refractivity contribution in [3.63, 3.8) is 0 Å². The Labute approximate surface area is 165 Å². The Morgan fingerprint density at radius 2 is 1.70 bits per heavy atom. The Balaban J connectivity index is 1.98. The Hall–Kier alpha value is -2.35. The van der Waals surface area contributed by atoms with Crippen LogP contribution in [0.2, 0.25) is 0 Å². The first-order chi connectivity index (χ1) is 13.0. The van der Waals surface area contributed by atoms with Crippen LogP contribution in [0.4, 0.5) is 4.79 Å². The zero-order valence-corrected chi connectivity index (χ0v) is 16.8. The van der Waals surface area contributed by atoms with Crippen molar-refractivity contribution < 1.29 is 23.9 Å². The van der Waals surface area contributed by atoms with Gasteiger partial charge in [0.2, 0.25) is 0 Å². The molecule has 1 saturated carbocycles.